The number of carbonyl (C=O) groups is 1. The van der Waals surface area contributed by atoms with Crippen LogP contribution in [0.4, 0.5) is 0 Å². The number of hydrogen-bond acceptors (Lipinski definition) is 2. The fraction of sp³-hybridized carbons (Fsp3) is 0.917. The lowest BCUT2D eigenvalue weighted by molar-refractivity contribution is -0.118. The van der Waals surface area contributed by atoms with Crippen molar-refractivity contribution in [3.63, 3.8) is 0 Å². The largest absolute Gasteiger partial charge is 0.300 e. The summed E-state index contributed by atoms with van der Waals surface area (Å²) in [6.07, 6.45) is 6.01. The van der Waals surface area contributed by atoms with Gasteiger partial charge in [0.25, 0.3) is 0 Å². The van der Waals surface area contributed by atoms with Crippen molar-refractivity contribution in [2.24, 2.45) is 0 Å². The van der Waals surface area contributed by atoms with Crippen molar-refractivity contribution in [2.75, 3.05) is 6.54 Å². The number of rotatable bonds is 3. The average molecular weight is 197 g/mol. The third-order valence-electron chi connectivity index (χ3n) is 3.25. The number of likely N-dealkylation sites (tertiary alicyclic amines) is 1. The van der Waals surface area contributed by atoms with Gasteiger partial charge in [-0.05, 0) is 40.2 Å². The van der Waals surface area contributed by atoms with Gasteiger partial charge in [0.2, 0.25) is 0 Å². The maximum absolute atomic E-state index is 11.1. The third kappa shape index (κ3) is 3.41. The van der Waals surface area contributed by atoms with Gasteiger partial charge < -0.3 is 0 Å². The monoisotopic (exact) mass is 197 g/mol. The van der Waals surface area contributed by atoms with E-state index in [2.05, 4.69) is 18.7 Å². The SMILES string of the molecule is CC(=O)CC(C)N1CCCCCC1C. The van der Waals surface area contributed by atoms with E-state index in [-0.39, 0.29) is 0 Å². The van der Waals surface area contributed by atoms with Crippen molar-refractivity contribution in [2.45, 2.75) is 65.0 Å². The predicted molar refractivity (Wildman–Crippen MR) is 59.4 cm³/mol. The first-order chi connectivity index (χ1) is 6.61. The quantitative estimate of drug-likeness (QED) is 0.693. The molecule has 14 heavy (non-hydrogen) atoms. The standard InChI is InChI=1S/C12H23NO/c1-10-7-5-4-6-8-13(10)11(2)9-12(3)14/h10-11H,4-9H2,1-3H3. The van der Waals surface area contributed by atoms with E-state index in [1.54, 1.807) is 6.92 Å². The van der Waals surface area contributed by atoms with Gasteiger partial charge in [-0.2, -0.15) is 0 Å². The molecule has 82 valence electrons. The lowest BCUT2D eigenvalue weighted by atomic mass is 10.1. The smallest absolute Gasteiger partial charge is 0.131 e. The van der Waals surface area contributed by atoms with Crippen LogP contribution in [0.25, 0.3) is 0 Å². The molecule has 0 bridgehead atoms. The molecule has 1 heterocycles. The second-order valence-electron chi connectivity index (χ2n) is 4.69. The van der Waals surface area contributed by atoms with Gasteiger partial charge in [0.1, 0.15) is 5.78 Å². The molecular weight excluding hydrogens is 174 g/mol. The zero-order valence-corrected chi connectivity index (χ0v) is 9.75. The molecule has 0 aromatic rings. The summed E-state index contributed by atoms with van der Waals surface area (Å²) in [7, 11) is 0. The van der Waals surface area contributed by atoms with Crippen LogP contribution in [-0.4, -0.2) is 29.3 Å². The Morgan fingerprint density at radius 2 is 2.14 bits per heavy atom. The predicted octanol–water partition coefficient (Wildman–Crippen LogP) is 2.62. The second-order valence-corrected chi connectivity index (χ2v) is 4.69. The number of nitrogens with zero attached hydrogens (tertiary/aromatic N) is 1. The summed E-state index contributed by atoms with van der Waals surface area (Å²) >= 11 is 0. The van der Waals surface area contributed by atoms with Crippen molar-refractivity contribution < 1.29 is 4.79 Å². The fourth-order valence-electron chi connectivity index (χ4n) is 2.49. The molecule has 2 atom stereocenters. The van der Waals surface area contributed by atoms with Gasteiger partial charge in [-0.25, -0.2) is 0 Å². The summed E-state index contributed by atoms with van der Waals surface area (Å²) in [6, 6.07) is 1.09. The molecule has 0 spiro atoms. The lowest BCUT2D eigenvalue weighted by Gasteiger charge is -2.32. The van der Waals surface area contributed by atoms with Crippen LogP contribution >= 0.6 is 0 Å². The third-order valence-corrected chi connectivity index (χ3v) is 3.25. The molecular formula is C12H23NO. The molecule has 0 saturated carbocycles. The molecule has 1 rings (SSSR count). The van der Waals surface area contributed by atoms with E-state index in [0.29, 0.717) is 24.3 Å². The maximum Gasteiger partial charge on any atom is 0.131 e. The Labute approximate surface area is 87.7 Å². The highest BCUT2D eigenvalue weighted by molar-refractivity contribution is 5.76. The van der Waals surface area contributed by atoms with E-state index in [4.69, 9.17) is 0 Å². The van der Waals surface area contributed by atoms with Crippen molar-refractivity contribution in [3.8, 4) is 0 Å². The van der Waals surface area contributed by atoms with Crippen molar-refractivity contribution >= 4 is 5.78 Å². The van der Waals surface area contributed by atoms with Gasteiger partial charge in [0.15, 0.2) is 0 Å². The number of Topliss-reactive ketones (excluding diaryl/α,β-unsaturated/α-hetero) is 1. The zero-order chi connectivity index (χ0) is 10.6. The first kappa shape index (κ1) is 11.7. The van der Waals surface area contributed by atoms with Gasteiger partial charge in [-0.15, -0.1) is 0 Å². The Morgan fingerprint density at radius 1 is 1.43 bits per heavy atom. The first-order valence-corrected chi connectivity index (χ1v) is 5.86. The van der Waals surface area contributed by atoms with Crippen LogP contribution in [-0.2, 0) is 4.79 Å². The van der Waals surface area contributed by atoms with Crippen LogP contribution in [0.2, 0.25) is 0 Å². The van der Waals surface area contributed by atoms with Crippen LogP contribution in [0, 0.1) is 0 Å². The number of ketones is 1. The lowest BCUT2D eigenvalue weighted by Crippen LogP contribution is -2.40. The summed E-state index contributed by atoms with van der Waals surface area (Å²) in [4.78, 5) is 13.6. The summed E-state index contributed by atoms with van der Waals surface area (Å²) < 4.78 is 0. The minimum absolute atomic E-state index is 0.314. The number of carbonyl (C=O) groups excluding carboxylic acids is 1. The minimum atomic E-state index is 0.314. The van der Waals surface area contributed by atoms with E-state index >= 15 is 0 Å². The molecule has 0 amide bonds. The normalized spacial score (nSPS) is 26.9. The highest BCUT2D eigenvalue weighted by Crippen LogP contribution is 2.19. The van der Waals surface area contributed by atoms with E-state index in [1.165, 1.54) is 32.2 Å². The van der Waals surface area contributed by atoms with Crippen LogP contribution in [0.3, 0.4) is 0 Å². The summed E-state index contributed by atoms with van der Waals surface area (Å²) in [5.74, 6) is 0.314. The van der Waals surface area contributed by atoms with E-state index in [9.17, 15) is 4.79 Å². The maximum atomic E-state index is 11.1. The minimum Gasteiger partial charge on any atom is -0.300 e. The van der Waals surface area contributed by atoms with Crippen molar-refractivity contribution in [3.05, 3.63) is 0 Å². The molecule has 0 N–H and O–H groups in total. The second kappa shape index (κ2) is 5.50. The van der Waals surface area contributed by atoms with E-state index in [0.717, 1.165) is 0 Å². The Bertz CT molecular complexity index is 191. The average Bonchev–Trinajstić information content (AvgIpc) is 2.28. The Balaban J connectivity index is 2.49. The van der Waals surface area contributed by atoms with Crippen molar-refractivity contribution in [1.29, 1.82) is 0 Å². The first-order valence-electron chi connectivity index (χ1n) is 5.86. The summed E-state index contributed by atoms with van der Waals surface area (Å²) in [5.41, 5.74) is 0. The number of hydrogen-bond donors (Lipinski definition) is 0. The van der Waals surface area contributed by atoms with E-state index in [1.807, 2.05) is 0 Å². The van der Waals surface area contributed by atoms with Crippen LogP contribution < -0.4 is 0 Å². The molecule has 2 heteroatoms. The molecule has 1 aliphatic heterocycles. The summed E-state index contributed by atoms with van der Waals surface area (Å²) in [5, 5.41) is 0. The zero-order valence-electron chi connectivity index (χ0n) is 9.75. The molecule has 2 nitrogen and oxygen atoms in total. The molecule has 0 aromatic carbocycles. The van der Waals surface area contributed by atoms with Gasteiger partial charge in [0, 0.05) is 18.5 Å². The van der Waals surface area contributed by atoms with Crippen LogP contribution in [0.15, 0.2) is 0 Å². The van der Waals surface area contributed by atoms with Crippen molar-refractivity contribution in [1.82, 2.24) is 4.90 Å². The molecule has 0 radical (unpaired) electrons. The molecule has 2 unspecified atom stereocenters. The van der Waals surface area contributed by atoms with Gasteiger partial charge in [-0.3, -0.25) is 9.69 Å². The Hall–Kier alpha value is -0.370. The van der Waals surface area contributed by atoms with Gasteiger partial charge in [-0.1, -0.05) is 12.8 Å². The summed E-state index contributed by atoms with van der Waals surface area (Å²) in [6.45, 7) is 7.35. The van der Waals surface area contributed by atoms with Crippen LogP contribution in [0.1, 0.15) is 52.9 Å². The highest BCUT2D eigenvalue weighted by Gasteiger charge is 2.22. The fourth-order valence-corrected chi connectivity index (χ4v) is 2.49. The molecule has 0 aliphatic carbocycles. The highest BCUT2D eigenvalue weighted by atomic mass is 16.1. The Morgan fingerprint density at radius 3 is 2.79 bits per heavy atom. The topological polar surface area (TPSA) is 20.3 Å². The molecule has 1 saturated heterocycles. The molecule has 1 fully saturated rings. The van der Waals surface area contributed by atoms with E-state index < -0.39 is 0 Å². The van der Waals surface area contributed by atoms with Gasteiger partial charge >= 0.3 is 0 Å². The van der Waals surface area contributed by atoms with Crippen LogP contribution in [0.5, 0.6) is 0 Å². The molecule has 1 aliphatic rings. The molecule has 0 aromatic heterocycles. The Kier molecular flexibility index (Phi) is 4.59. The van der Waals surface area contributed by atoms with Gasteiger partial charge in [0.05, 0.1) is 0 Å².